The zero-order valence-electron chi connectivity index (χ0n) is 13.0. The zero-order chi connectivity index (χ0) is 15.5. The first-order chi connectivity index (χ1) is 9.92. The van der Waals surface area contributed by atoms with Crippen molar-refractivity contribution in [3.8, 4) is 0 Å². The molecule has 1 aliphatic carbocycles. The molecular formula is C14H28N2O4S. The van der Waals surface area contributed by atoms with Crippen LogP contribution in [0.25, 0.3) is 0 Å². The summed E-state index contributed by atoms with van der Waals surface area (Å²) in [5, 5.41) is 9.40. The molecule has 1 saturated heterocycles. The van der Waals surface area contributed by atoms with Crippen LogP contribution in [0.1, 0.15) is 39.5 Å². The highest BCUT2D eigenvalue weighted by Gasteiger charge is 2.32. The zero-order valence-corrected chi connectivity index (χ0v) is 13.8. The molecule has 7 heteroatoms. The second kappa shape index (κ2) is 7.37. The summed E-state index contributed by atoms with van der Waals surface area (Å²) in [5.74, 6) is 0.471. The third-order valence-electron chi connectivity index (χ3n) is 4.55. The maximum atomic E-state index is 12.4. The first kappa shape index (κ1) is 17.1. The summed E-state index contributed by atoms with van der Waals surface area (Å²) in [4.78, 5) is 0. The van der Waals surface area contributed by atoms with Crippen molar-refractivity contribution < 1.29 is 18.3 Å². The highest BCUT2D eigenvalue weighted by molar-refractivity contribution is 7.87. The Kier molecular flexibility index (Phi) is 6.02. The van der Waals surface area contributed by atoms with Gasteiger partial charge in [-0.2, -0.15) is 12.7 Å². The van der Waals surface area contributed by atoms with Crippen LogP contribution in [0.4, 0.5) is 0 Å². The number of rotatable bonds is 5. The van der Waals surface area contributed by atoms with E-state index in [9.17, 15) is 13.5 Å². The van der Waals surface area contributed by atoms with Crippen molar-refractivity contribution in [1.82, 2.24) is 9.03 Å². The molecule has 2 N–H and O–H groups in total. The van der Waals surface area contributed by atoms with Gasteiger partial charge >= 0.3 is 0 Å². The van der Waals surface area contributed by atoms with Crippen molar-refractivity contribution in [3.63, 3.8) is 0 Å². The largest absolute Gasteiger partial charge is 0.396 e. The Hall–Kier alpha value is -0.210. The van der Waals surface area contributed by atoms with E-state index in [0.29, 0.717) is 19.6 Å². The highest BCUT2D eigenvalue weighted by Crippen LogP contribution is 2.29. The standard InChI is InChI=1S/C14H28N2O4S/c1-11-8-16(9-12(2)20-11)21(18,19)15-7-13-5-3-4-6-14(13)10-17/h11-15,17H,3-10H2,1-2H3. The molecule has 21 heavy (non-hydrogen) atoms. The van der Waals surface area contributed by atoms with Crippen LogP contribution < -0.4 is 4.72 Å². The van der Waals surface area contributed by atoms with Crippen LogP contribution in [-0.2, 0) is 14.9 Å². The maximum Gasteiger partial charge on any atom is 0.279 e. The van der Waals surface area contributed by atoms with Crippen molar-refractivity contribution in [1.29, 1.82) is 0 Å². The van der Waals surface area contributed by atoms with Gasteiger partial charge in [-0.05, 0) is 38.5 Å². The molecule has 0 aromatic rings. The molecule has 2 aliphatic rings. The molecule has 0 bridgehead atoms. The predicted octanol–water partition coefficient (Wildman–Crippen LogP) is 0.729. The van der Waals surface area contributed by atoms with E-state index in [4.69, 9.17) is 4.74 Å². The molecular weight excluding hydrogens is 292 g/mol. The number of aliphatic hydroxyl groups excluding tert-OH is 1. The van der Waals surface area contributed by atoms with Gasteiger partial charge in [-0.3, -0.25) is 0 Å². The fraction of sp³-hybridized carbons (Fsp3) is 1.00. The summed E-state index contributed by atoms with van der Waals surface area (Å²) < 4.78 is 34.6. The van der Waals surface area contributed by atoms with Gasteiger partial charge in [-0.15, -0.1) is 0 Å². The van der Waals surface area contributed by atoms with Crippen LogP contribution in [-0.4, -0.2) is 56.3 Å². The lowest BCUT2D eigenvalue weighted by atomic mass is 9.80. The van der Waals surface area contributed by atoms with E-state index in [1.165, 1.54) is 4.31 Å². The maximum absolute atomic E-state index is 12.4. The van der Waals surface area contributed by atoms with Crippen molar-refractivity contribution in [2.45, 2.75) is 51.7 Å². The Bertz CT molecular complexity index is 419. The fourth-order valence-corrected chi connectivity index (χ4v) is 4.84. The quantitative estimate of drug-likeness (QED) is 0.783. The van der Waals surface area contributed by atoms with E-state index in [-0.39, 0.29) is 30.7 Å². The molecule has 0 spiro atoms. The van der Waals surface area contributed by atoms with Gasteiger partial charge in [0.15, 0.2) is 0 Å². The Morgan fingerprint density at radius 2 is 1.71 bits per heavy atom. The molecule has 1 heterocycles. The number of morpholine rings is 1. The van der Waals surface area contributed by atoms with Crippen LogP contribution in [0.3, 0.4) is 0 Å². The van der Waals surface area contributed by atoms with Crippen molar-refractivity contribution in [2.75, 3.05) is 26.2 Å². The molecule has 0 radical (unpaired) electrons. The summed E-state index contributed by atoms with van der Waals surface area (Å²) in [6.45, 7) is 5.15. The van der Waals surface area contributed by atoms with Gasteiger partial charge in [0.05, 0.1) is 12.2 Å². The van der Waals surface area contributed by atoms with Crippen LogP contribution >= 0.6 is 0 Å². The van der Waals surface area contributed by atoms with Crippen molar-refractivity contribution in [2.24, 2.45) is 11.8 Å². The minimum Gasteiger partial charge on any atom is -0.396 e. The smallest absolute Gasteiger partial charge is 0.279 e. The van der Waals surface area contributed by atoms with Crippen LogP contribution in [0, 0.1) is 11.8 Å². The molecule has 4 unspecified atom stereocenters. The minimum absolute atomic E-state index is 0.0785. The topological polar surface area (TPSA) is 78.9 Å². The lowest BCUT2D eigenvalue weighted by molar-refractivity contribution is -0.0444. The molecule has 6 nitrogen and oxygen atoms in total. The summed E-state index contributed by atoms with van der Waals surface area (Å²) in [6.07, 6.45) is 4.08. The minimum atomic E-state index is -3.46. The van der Waals surface area contributed by atoms with E-state index in [0.717, 1.165) is 25.7 Å². The van der Waals surface area contributed by atoms with Crippen LogP contribution in [0.2, 0.25) is 0 Å². The summed E-state index contributed by atoms with van der Waals surface area (Å²) >= 11 is 0. The number of aliphatic hydroxyl groups is 1. The van der Waals surface area contributed by atoms with Crippen LogP contribution in [0.5, 0.6) is 0 Å². The van der Waals surface area contributed by atoms with Gasteiger partial charge in [0, 0.05) is 26.2 Å². The molecule has 124 valence electrons. The number of hydrogen-bond acceptors (Lipinski definition) is 4. The van der Waals surface area contributed by atoms with Gasteiger partial charge in [-0.1, -0.05) is 12.8 Å². The normalized spacial score (nSPS) is 35.8. The first-order valence-corrected chi connectivity index (χ1v) is 9.37. The Morgan fingerprint density at radius 3 is 2.29 bits per heavy atom. The van der Waals surface area contributed by atoms with Crippen molar-refractivity contribution in [3.05, 3.63) is 0 Å². The molecule has 2 rings (SSSR count). The average molecular weight is 320 g/mol. The van der Waals surface area contributed by atoms with E-state index >= 15 is 0 Å². The third kappa shape index (κ3) is 4.63. The molecule has 1 saturated carbocycles. The van der Waals surface area contributed by atoms with Crippen molar-refractivity contribution >= 4 is 10.2 Å². The molecule has 1 aliphatic heterocycles. The molecule has 2 fully saturated rings. The summed E-state index contributed by atoms with van der Waals surface area (Å²) in [6, 6.07) is 0. The van der Waals surface area contributed by atoms with E-state index in [2.05, 4.69) is 4.72 Å². The number of nitrogens with zero attached hydrogens (tertiary/aromatic N) is 1. The monoisotopic (exact) mass is 320 g/mol. The van der Waals surface area contributed by atoms with Gasteiger partial charge in [0.25, 0.3) is 10.2 Å². The Morgan fingerprint density at radius 1 is 1.14 bits per heavy atom. The van der Waals surface area contributed by atoms with E-state index < -0.39 is 10.2 Å². The van der Waals surface area contributed by atoms with Gasteiger partial charge in [0.2, 0.25) is 0 Å². The highest BCUT2D eigenvalue weighted by atomic mass is 32.2. The molecule has 0 aromatic carbocycles. The number of hydrogen-bond donors (Lipinski definition) is 2. The van der Waals surface area contributed by atoms with Gasteiger partial charge in [0.1, 0.15) is 0 Å². The predicted molar refractivity (Wildman–Crippen MR) is 81.0 cm³/mol. The Balaban J connectivity index is 1.91. The van der Waals surface area contributed by atoms with E-state index in [1.807, 2.05) is 13.8 Å². The molecule has 0 aromatic heterocycles. The Labute approximate surface area is 128 Å². The SMILES string of the molecule is CC1CN(S(=O)(=O)NCC2CCCCC2CO)CC(C)O1. The average Bonchev–Trinajstić information content (AvgIpc) is 2.44. The summed E-state index contributed by atoms with van der Waals surface area (Å²) in [5.41, 5.74) is 0. The van der Waals surface area contributed by atoms with Gasteiger partial charge < -0.3 is 9.84 Å². The number of nitrogens with one attached hydrogen (secondary N) is 1. The molecule has 0 amide bonds. The molecule has 4 atom stereocenters. The fourth-order valence-electron chi connectivity index (χ4n) is 3.42. The van der Waals surface area contributed by atoms with Gasteiger partial charge in [-0.25, -0.2) is 4.72 Å². The summed E-state index contributed by atoms with van der Waals surface area (Å²) in [7, 11) is -3.46. The first-order valence-electron chi connectivity index (χ1n) is 7.93. The number of ether oxygens (including phenoxy) is 1. The lowest BCUT2D eigenvalue weighted by Gasteiger charge is -2.35. The second-order valence-electron chi connectivity index (χ2n) is 6.41. The van der Waals surface area contributed by atoms with Crippen LogP contribution in [0.15, 0.2) is 0 Å². The van der Waals surface area contributed by atoms with E-state index in [1.54, 1.807) is 0 Å². The third-order valence-corrected chi connectivity index (χ3v) is 6.06. The lowest BCUT2D eigenvalue weighted by Crippen LogP contribution is -2.52. The second-order valence-corrected chi connectivity index (χ2v) is 8.17.